The molecular weight excluding hydrogens is 288 g/mol. The molecule has 0 N–H and O–H groups in total. The number of hydrogen-bond donors (Lipinski definition) is 0. The molecule has 0 bridgehead atoms. The predicted octanol–water partition coefficient (Wildman–Crippen LogP) is 4.40. The molecule has 0 saturated carbocycles. The maximum Gasteiger partial charge on any atom is 0.0701 e. The average Bonchev–Trinajstić information content (AvgIpc) is 2.39. The Labute approximate surface area is 88.3 Å². The van der Waals surface area contributed by atoms with Crippen LogP contribution >= 0.6 is 43.2 Å². The molecule has 1 heterocycles. The van der Waals surface area contributed by atoms with E-state index in [1.165, 1.54) is 15.1 Å². The van der Waals surface area contributed by atoms with E-state index < -0.39 is 0 Å². The van der Waals surface area contributed by atoms with E-state index >= 15 is 0 Å². The van der Waals surface area contributed by atoms with Gasteiger partial charge >= 0.3 is 0 Å². The van der Waals surface area contributed by atoms with E-state index in [1.807, 2.05) is 11.3 Å². The fourth-order valence-corrected chi connectivity index (χ4v) is 3.56. The highest BCUT2D eigenvalue weighted by Crippen LogP contribution is 2.31. The molecule has 0 fully saturated rings. The molecule has 1 aromatic rings. The minimum atomic E-state index is 0.686. The van der Waals surface area contributed by atoms with Crippen LogP contribution in [0.4, 0.5) is 0 Å². The quantitative estimate of drug-likeness (QED) is 0.726. The molecule has 3 heteroatoms. The minimum Gasteiger partial charge on any atom is -0.133 e. The number of alkyl halides is 1. The van der Waals surface area contributed by atoms with Crippen molar-refractivity contribution in [2.45, 2.75) is 19.3 Å². The Morgan fingerprint density at radius 2 is 2.27 bits per heavy atom. The molecule has 0 aromatic carbocycles. The van der Waals surface area contributed by atoms with E-state index in [2.05, 4.69) is 50.9 Å². The number of rotatable bonds is 3. The fraction of sp³-hybridized carbons (Fsp3) is 0.500. The van der Waals surface area contributed by atoms with Crippen molar-refractivity contribution in [2.75, 3.05) is 5.33 Å². The first kappa shape index (κ1) is 9.75. The summed E-state index contributed by atoms with van der Waals surface area (Å²) in [6, 6.07) is 4.31. The van der Waals surface area contributed by atoms with Gasteiger partial charge in [0.2, 0.25) is 0 Å². The van der Waals surface area contributed by atoms with Gasteiger partial charge in [0, 0.05) is 16.1 Å². The molecule has 0 aliphatic carbocycles. The van der Waals surface area contributed by atoms with Crippen molar-refractivity contribution in [3.05, 3.63) is 20.8 Å². The van der Waals surface area contributed by atoms with Gasteiger partial charge in [-0.25, -0.2) is 0 Å². The van der Waals surface area contributed by atoms with Crippen LogP contribution in [0.15, 0.2) is 15.9 Å². The summed E-state index contributed by atoms with van der Waals surface area (Å²) in [6.45, 7) is 2.22. The van der Waals surface area contributed by atoms with Gasteiger partial charge < -0.3 is 0 Å². The van der Waals surface area contributed by atoms with Gasteiger partial charge in [-0.05, 0) is 34.5 Å². The first-order valence-corrected chi connectivity index (χ1v) is 6.32. The first-order chi connectivity index (χ1) is 5.27. The largest absolute Gasteiger partial charge is 0.133 e. The van der Waals surface area contributed by atoms with Crippen molar-refractivity contribution in [1.82, 2.24) is 0 Å². The third kappa shape index (κ3) is 2.56. The number of thiophene rings is 1. The SMILES string of the molecule is CCC(CBr)c1ccc(Br)s1. The normalized spacial score (nSPS) is 13.4. The molecule has 0 aliphatic heterocycles. The van der Waals surface area contributed by atoms with Gasteiger partial charge in [-0.2, -0.15) is 0 Å². The zero-order chi connectivity index (χ0) is 8.27. The molecule has 1 atom stereocenters. The Hall–Kier alpha value is 0.660. The lowest BCUT2D eigenvalue weighted by Gasteiger charge is -2.06. The molecule has 0 radical (unpaired) electrons. The van der Waals surface area contributed by atoms with Crippen LogP contribution < -0.4 is 0 Å². The molecule has 0 amide bonds. The van der Waals surface area contributed by atoms with Crippen LogP contribution in [-0.4, -0.2) is 5.33 Å². The zero-order valence-corrected chi connectivity index (χ0v) is 10.3. The van der Waals surface area contributed by atoms with Crippen molar-refractivity contribution in [1.29, 1.82) is 0 Å². The lowest BCUT2D eigenvalue weighted by molar-refractivity contribution is 0.764. The lowest BCUT2D eigenvalue weighted by Crippen LogP contribution is -1.93. The summed E-state index contributed by atoms with van der Waals surface area (Å²) < 4.78 is 1.23. The van der Waals surface area contributed by atoms with E-state index in [4.69, 9.17) is 0 Å². The van der Waals surface area contributed by atoms with Gasteiger partial charge in [0.25, 0.3) is 0 Å². The summed E-state index contributed by atoms with van der Waals surface area (Å²) in [5, 5.41) is 1.07. The van der Waals surface area contributed by atoms with Crippen LogP contribution in [0.25, 0.3) is 0 Å². The lowest BCUT2D eigenvalue weighted by atomic mass is 10.1. The van der Waals surface area contributed by atoms with Gasteiger partial charge in [0.05, 0.1) is 3.79 Å². The maximum absolute atomic E-state index is 3.51. The van der Waals surface area contributed by atoms with Gasteiger partial charge in [-0.1, -0.05) is 22.9 Å². The van der Waals surface area contributed by atoms with E-state index in [1.54, 1.807) is 0 Å². The second kappa shape index (κ2) is 4.63. The third-order valence-corrected chi connectivity index (χ3v) is 4.24. The van der Waals surface area contributed by atoms with Crippen LogP contribution in [0, 0.1) is 0 Å². The summed E-state index contributed by atoms with van der Waals surface area (Å²) in [6.07, 6.45) is 1.21. The fourth-order valence-electron chi connectivity index (χ4n) is 0.934. The second-order valence-corrected chi connectivity index (χ2v) is 5.54. The molecule has 0 aliphatic rings. The van der Waals surface area contributed by atoms with Gasteiger partial charge in [-0.3, -0.25) is 0 Å². The van der Waals surface area contributed by atoms with Gasteiger partial charge in [0.1, 0.15) is 0 Å². The minimum absolute atomic E-state index is 0.686. The monoisotopic (exact) mass is 296 g/mol. The predicted molar refractivity (Wildman–Crippen MR) is 58.8 cm³/mol. The molecule has 1 rings (SSSR count). The highest BCUT2D eigenvalue weighted by Gasteiger charge is 2.09. The molecule has 1 aromatic heterocycles. The highest BCUT2D eigenvalue weighted by molar-refractivity contribution is 9.11. The van der Waals surface area contributed by atoms with E-state index in [-0.39, 0.29) is 0 Å². The average molecular weight is 298 g/mol. The van der Waals surface area contributed by atoms with E-state index in [0.29, 0.717) is 5.92 Å². The molecule has 11 heavy (non-hydrogen) atoms. The van der Waals surface area contributed by atoms with Crippen LogP contribution in [0.3, 0.4) is 0 Å². The van der Waals surface area contributed by atoms with Crippen molar-refractivity contribution in [2.24, 2.45) is 0 Å². The van der Waals surface area contributed by atoms with Gasteiger partial charge in [0.15, 0.2) is 0 Å². The first-order valence-electron chi connectivity index (χ1n) is 3.59. The molecule has 0 spiro atoms. The molecule has 62 valence electrons. The Bertz CT molecular complexity index is 216. The van der Waals surface area contributed by atoms with Crippen LogP contribution in [-0.2, 0) is 0 Å². The zero-order valence-electron chi connectivity index (χ0n) is 6.31. The molecule has 1 unspecified atom stereocenters. The van der Waals surface area contributed by atoms with Crippen LogP contribution in [0.5, 0.6) is 0 Å². The van der Waals surface area contributed by atoms with Crippen molar-refractivity contribution < 1.29 is 0 Å². The van der Waals surface area contributed by atoms with Crippen molar-refractivity contribution in [3.8, 4) is 0 Å². The topological polar surface area (TPSA) is 0 Å². The van der Waals surface area contributed by atoms with Crippen molar-refractivity contribution in [3.63, 3.8) is 0 Å². The summed E-state index contributed by atoms with van der Waals surface area (Å²) in [5.74, 6) is 0.686. The second-order valence-electron chi connectivity index (χ2n) is 2.40. The molecule has 0 nitrogen and oxygen atoms in total. The van der Waals surface area contributed by atoms with E-state index in [0.717, 1.165) is 5.33 Å². The Morgan fingerprint density at radius 3 is 2.64 bits per heavy atom. The van der Waals surface area contributed by atoms with Crippen LogP contribution in [0.1, 0.15) is 24.1 Å². The summed E-state index contributed by atoms with van der Waals surface area (Å²) >= 11 is 8.81. The van der Waals surface area contributed by atoms with Gasteiger partial charge in [-0.15, -0.1) is 11.3 Å². The molecule has 0 saturated heterocycles. The highest BCUT2D eigenvalue weighted by atomic mass is 79.9. The molecular formula is C8H10Br2S. The summed E-state index contributed by atoms with van der Waals surface area (Å²) in [4.78, 5) is 1.47. The van der Waals surface area contributed by atoms with Crippen molar-refractivity contribution >= 4 is 43.2 Å². The van der Waals surface area contributed by atoms with E-state index in [9.17, 15) is 0 Å². The smallest absolute Gasteiger partial charge is 0.0701 e. The number of hydrogen-bond acceptors (Lipinski definition) is 1. The Kier molecular flexibility index (Phi) is 4.10. The maximum atomic E-state index is 3.51. The number of halogens is 2. The summed E-state index contributed by atoms with van der Waals surface area (Å²) in [5.41, 5.74) is 0. The standard InChI is InChI=1S/C8H10Br2S/c1-2-6(5-9)7-3-4-8(10)11-7/h3-4,6H,2,5H2,1H3. The van der Waals surface area contributed by atoms with Crippen LogP contribution in [0.2, 0.25) is 0 Å². The Balaban J connectivity index is 2.73. The Morgan fingerprint density at radius 1 is 1.55 bits per heavy atom. The third-order valence-electron chi connectivity index (χ3n) is 1.68. The summed E-state index contributed by atoms with van der Waals surface area (Å²) in [7, 11) is 0.